The Morgan fingerprint density at radius 1 is 0.964 bits per heavy atom. The van der Waals surface area contributed by atoms with E-state index in [0.717, 1.165) is 35.7 Å². The molecule has 306 valence electrons. The van der Waals surface area contributed by atoms with Crippen LogP contribution in [0.25, 0.3) is 0 Å². The van der Waals surface area contributed by atoms with Gasteiger partial charge in [0.1, 0.15) is 34.0 Å². The average molecular weight is 837 g/mol. The lowest BCUT2D eigenvalue weighted by Crippen LogP contribution is -2.45. The molecule has 0 bridgehead atoms. The van der Waals surface area contributed by atoms with Crippen molar-refractivity contribution in [1.82, 2.24) is 14.6 Å². The molecule has 55 heavy (non-hydrogen) atoms. The molecule has 2 amide bonds. The van der Waals surface area contributed by atoms with E-state index in [1.807, 2.05) is 0 Å². The van der Waals surface area contributed by atoms with Crippen molar-refractivity contribution in [3.63, 3.8) is 0 Å². The maximum Gasteiger partial charge on any atom is 0.509 e. The number of amides is 2. The summed E-state index contributed by atoms with van der Waals surface area (Å²) in [5.74, 6) is -1.25. The van der Waals surface area contributed by atoms with Crippen LogP contribution in [0.4, 0.5) is 24.6 Å². The van der Waals surface area contributed by atoms with Gasteiger partial charge in [-0.05, 0) is 99.6 Å². The van der Waals surface area contributed by atoms with Gasteiger partial charge in [-0.25, -0.2) is 28.1 Å². The smallest absolute Gasteiger partial charge is 0.468 e. The quantitative estimate of drug-likeness (QED) is 0.135. The highest BCUT2D eigenvalue weighted by Gasteiger charge is 2.50. The van der Waals surface area contributed by atoms with E-state index < -0.39 is 95.9 Å². The topological polar surface area (TPSA) is 200 Å². The van der Waals surface area contributed by atoms with Crippen molar-refractivity contribution in [2.45, 2.75) is 115 Å². The summed E-state index contributed by atoms with van der Waals surface area (Å²) in [6.45, 7) is 14.8. The minimum absolute atomic E-state index is 0.0312. The Morgan fingerprint density at radius 3 is 2.00 bits per heavy atom. The number of hydrogen-bond donors (Lipinski definition) is 1. The first-order valence-electron chi connectivity index (χ1n) is 16.8. The van der Waals surface area contributed by atoms with Crippen LogP contribution in [0.1, 0.15) is 74.6 Å². The second-order valence-corrected chi connectivity index (χ2v) is 18.5. The van der Waals surface area contributed by atoms with Crippen molar-refractivity contribution in [3.05, 3.63) is 52.0 Å². The first-order chi connectivity index (χ1) is 25.2. The molecule has 0 saturated carbocycles. The van der Waals surface area contributed by atoms with Gasteiger partial charge in [-0.1, -0.05) is 11.6 Å². The first-order valence-corrected chi connectivity index (χ1v) is 19.7. The lowest BCUT2D eigenvalue weighted by molar-refractivity contribution is -0.142. The zero-order chi connectivity index (χ0) is 41.7. The third-order valence-corrected chi connectivity index (χ3v) is 10.1. The number of alkyl halides is 1. The van der Waals surface area contributed by atoms with Gasteiger partial charge in [0.25, 0.3) is 0 Å². The molecule has 21 heteroatoms. The highest BCUT2D eigenvalue weighted by molar-refractivity contribution is 8.00. The Labute approximate surface area is 327 Å². The number of esters is 1. The van der Waals surface area contributed by atoms with Crippen molar-refractivity contribution in [2.75, 3.05) is 18.6 Å². The zero-order valence-electron chi connectivity index (χ0n) is 32.3. The SMILES string of the molecule is COC(=O)[C@H](C)NP(=O)(OC[C@H]1S[C@@H](n2ccc(N(C(=O)OC(C)(C)C)C(=O)OC(C)(C)C)nc2=O)[C@@H](F)[C@@H]1OC(=O)OC(C)(C)C)Oc1ccc(Cl)cc1. The summed E-state index contributed by atoms with van der Waals surface area (Å²) in [5.41, 5.74) is -4.24. The summed E-state index contributed by atoms with van der Waals surface area (Å²) in [4.78, 5) is 69.1. The normalized spacial score (nSPS) is 20.4. The maximum atomic E-state index is 16.5. The highest BCUT2D eigenvalue weighted by Crippen LogP contribution is 2.50. The minimum Gasteiger partial charge on any atom is -0.468 e. The molecule has 1 aromatic heterocycles. The predicted octanol–water partition coefficient (Wildman–Crippen LogP) is 7.20. The third kappa shape index (κ3) is 13.7. The molecule has 0 spiro atoms. The van der Waals surface area contributed by atoms with E-state index in [0.29, 0.717) is 9.92 Å². The van der Waals surface area contributed by atoms with Crippen LogP contribution >= 0.6 is 31.1 Å². The van der Waals surface area contributed by atoms with Crippen molar-refractivity contribution in [1.29, 1.82) is 0 Å². The summed E-state index contributed by atoms with van der Waals surface area (Å²) >= 11 is 6.72. The van der Waals surface area contributed by atoms with Gasteiger partial charge in [0.15, 0.2) is 18.1 Å². The number of nitrogens with zero attached hydrogens (tertiary/aromatic N) is 3. The van der Waals surface area contributed by atoms with Crippen molar-refractivity contribution < 1.29 is 60.9 Å². The van der Waals surface area contributed by atoms with Gasteiger partial charge in [-0.15, -0.1) is 11.8 Å². The summed E-state index contributed by atoms with van der Waals surface area (Å²) in [6, 6.07) is 5.59. The van der Waals surface area contributed by atoms with Crippen LogP contribution in [0, 0.1) is 0 Å². The molecule has 2 heterocycles. The number of methoxy groups -OCH3 is 1. The van der Waals surface area contributed by atoms with E-state index in [-0.39, 0.29) is 5.75 Å². The second-order valence-electron chi connectivity index (χ2n) is 15.0. The summed E-state index contributed by atoms with van der Waals surface area (Å²) in [7, 11) is -3.37. The highest BCUT2D eigenvalue weighted by atomic mass is 35.5. The molecule has 17 nitrogen and oxygen atoms in total. The monoisotopic (exact) mass is 836 g/mol. The van der Waals surface area contributed by atoms with Crippen LogP contribution < -0.4 is 20.2 Å². The van der Waals surface area contributed by atoms with Gasteiger partial charge >= 0.3 is 37.7 Å². The molecule has 1 saturated heterocycles. The van der Waals surface area contributed by atoms with Crippen LogP contribution in [0.5, 0.6) is 5.75 Å². The van der Waals surface area contributed by atoms with Crippen LogP contribution in [0.15, 0.2) is 41.3 Å². The number of benzene rings is 1. The van der Waals surface area contributed by atoms with Crippen LogP contribution in [0.3, 0.4) is 0 Å². The van der Waals surface area contributed by atoms with Gasteiger partial charge in [0, 0.05) is 11.2 Å². The third-order valence-electron chi connectivity index (χ3n) is 6.71. The molecule has 1 aliphatic rings. The number of imide groups is 1. The number of ether oxygens (including phenoxy) is 5. The summed E-state index contributed by atoms with van der Waals surface area (Å²) < 4.78 is 68.8. The number of thioether (sulfide) groups is 1. The largest absolute Gasteiger partial charge is 0.509 e. The Bertz CT molecular complexity index is 1790. The average Bonchev–Trinajstić information content (AvgIpc) is 3.32. The molecule has 0 aliphatic carbocycles. The van der Waals surface area contributed by atoms with Crippen LogP contribution in [-0.4, -0.2) is 87.9 Å². The molecule has 1 aliphatic heterocycles. The molecule has 1 N–H and O–H groups in total. The lowest BCUT2D eigenvalue weighted by Gasteiger charge is -2.28. The Morgan fingerprint density at radius 2 is 1.51 bits per heavy atom. The molecule has 1 unspecified atom stereocenters. The molecule has 6 atom stereocenters. The number of rotatable bonds is 11. The fraction of sp³-hybridized carbons (Fsp3) is 0.588. The van der Waals surface area contributed by atoms with Gasteiger partial charge in [0.05, 0.1) is 19.0 Å². The molecule has 2 aromatic rings. The van der Waals surface area contributed by atoms with Gasteiger partial charge in [-0.2, -0.15) is 15.0 Å². The standard InChI is InChI=1S/C34H47ClFN4O13PS/c1-19(27(41)47-11)38-54(46,53-21-14-12-20(35)13-15-21)48-18-22-25(49-31(45)52-34(8,9)10)24(36)26(55-22)39-17-16-23(37-28(39)42)40(29(43)50-32(2,3)4)30(44)51-33(5,6)7/h12-17,19,22,24-26H,18H2,1-11H3,(H,38,46)/t19-,22+,24-,25+,26+,54?/m0/s1. The van der Waals surface area contributed by atoms with Gasteiger partial charge < -0.3 is 28.2 Å². The Balaban J connectivity index is 2.00. The molecule has 0 radical (unpaired) electrons. The van der Waals surface area contributed by atoms with E-state index in [9.17, 15) is 28.5 Å². The van der Waals surface area contributed by atoms with E-state index in [1.165, 1.54) is 31.2 Å². The summed E-state index contributed by atoms with van der Waals surface area (Å²) in [6.07, 6.45) is -6.34. The number of carbonyl (C=O) groups excluding carboxylic acids is 4. The molecule has 1 aromatic carbocycles. The van der Waals surface area contributed by atoms with Crippen molar-refractivity contribution in [2.24, 2.45) is 0 Å². The Kier molecular flexibility index (Phi) is 14.8. The second kappa shape index (κ2) is 17.9. The lowest BCUT2D eigenvalue weighted by atomic mass is 10.1. The van der Waals surface area contributed by atoms with E-state index >= 15 is 4.39 Å². The van der Waals surface area contributed by atoms with E-state index in [2.05, 4.69) is 10.1 Å². The van der Waals surface area contributed by atoms with E-state index in [4.69, 9.17) is 44.3 Å². The van der Waals surface area contributed by atoms with Crippen LogP contribution in [-0.2, 0) is 37.6 Å². The number of halogens is 2. The predicted molar refractivity (Wildman–Crippen MR) is 200 cm³/mol. The fourth-order valence-electron chi connectivity index (χ4n) is 4.54. The molecular formula is C34H47ClFN4O13PS. The molecule has 3 rings (SSSR count). The number of carbonyl (C=O) groups is 4. The minimum atomic E-state index is -4.49. The number of aromatic nitrogens is 2. The first kappa shape index (κ1) is 45.5. The fourth-order valence-corrected chi connectivity index (χ4v) is 7.74. The van der Waals surface area contributed by atoms with Crippen LogP contribution in [0.2, 0.25) is 5.02 Å². The maximum absolute atomic E-state index is 16.5. The van der Waals surface area contributed by atoms with Crippen molar-refractivity contribution >= 4 is 61.2 Å². The van der Waals surface area contributed by atoms with E-state index in [1.54, 1.807) is 62.3 Å². The Hall–Kier alpha value is -3.90. The summed E-state index contributed by atoms with van der Waals surface area (Å²) in [5, 5.41) is 0.180. The molecular weight excluding hydrogens is 790 g/mol. The van der Waals surface area contributed by atoms with Gasteiger partial charge in [0.2, 0.25) is 0 Å². The van der Waals surface area contributed by atoms with Gasteiger partial charge in [-0.3, -0.25) is 13.9 Å². The zero-order valence-corrected chi connectivity index (χ0v) is 34.8. The number of hydrogen-bond acceptors (Lipinski definition) is 15. The number of anilines is 1. The number of nitrogens with one attached hydrogen (secondary N) is 1. The van der Waals surface area contributed by atoms with Crippen molar-refractivity contribution in [3.8, 4) is 5.75 Å². The molecule has 1 fully saturated rings.